The van der Waals surface area contributed by atoms with Gasteiger partial charge in [-0.05, 0) is 13.8 Å². The third-order valence-corrected chi connectivity index (χ3v) is 1.38. The van der Waals surface area contributed by atoms with Crippen molar-refractivity contribution in [2.24, 2.45) is 0 Å². The largest absolute Gasteiger partial charge is 0.394 e. The molecular weight excluding hydrogens is 208 g/mol. The van der Waals surface area contributed by atoms with Gasteiger partial charge in [0.05, 0.1) is 26.4 Å². The van der Waals surface area contributed by atoms with Crippen LogP contribution in [-0.4, -0.2) is 49.9 Å². The minimum Gasteiger partial charge on any atom is -0.394 e. The van der Waals surface area contributed by atoms with Crippen LogP contribution in [0.5, 0.6) is 0 Å². The van der Waals surface area contributed by atoms with E-state index in [1.54, 1.807) is 0 Å². The normalized spacial score (nSPS) is 8.62. The zero-order valence-electron chi connectivity index (χ0n) is 11.4. The van der Waals surface area contributed by atoms with Crippen LogP contribution in [0.1, 0.15) is 40.5 Å². The lowest BCUT2D eigenvalue weighted by atomic mass is 10.4. The summed E-state index contributed by atoms with van der Waals surface area (Å²) >= 11 is 0. The van der Waals surface area contributed by atoms with Gasteiger partial charge in [0, 0.05) is 13.2 Å². The third-order valence-electron chi connectivity index (χ3n) is 1.38. The van der Waals surface area contributed by atoms with Crippen molar-refractivity contribution in [3.63, 3.8) is 0 Å². The summed E-state index contributed by atoms with van der Waals surface area (Å²) in [7, 11) is 0. The monoisotopic (exact) mass is 238 g/mol. The molecule has 0 radical (unpaired) electrons. The molecule has 0 atom stereocenters. The molecule has 0 fully saturated rings. The van der Waals surface area contributed by atoms with Crippen LogP contribution in [0.2, 0.25) is 0 Å². The Morgan fingerprint density at radius 1 is 0.688 bits per heavy atom. The summed E-state index contributed by atoms with van der Waals surface area (Å²) in [5, 5.41) is 16.2. The van der Waals surface area contributed by atoms with E-state index in [0.29, 0.717) is 13.2 Å². The average Bonchev–Trinajstić information content (AvgIpc) is 2.32. The molecule has 0 unspecified atom stereocenters. The van der Waals surface area contributed by atoms with Crippen molar-refractivity contribution in [3.8, 4) is 0 Å². The zero-order valence-corrected chi connectivity index (χ0v) is 11.4. The molecule has 0 aliphatic carbocycles. The molecule has 0 saturated carbocycles. The van der Waals surface area contributed by atoms with E-state index >= 15 is 0 Å². The minimum absolute atomic E-state index is 0.0278. The van der Waals surface area contributed by atoms with Crippen LogP contribution in [0.15, 0.2) is 0 Å². The average molecular weight is 238 g/mol. The van der Waals surface area contributed by atoms with Gasteiger partial charge in [-0.2, -0.15) is 0 Å². The molecule has 0 aromatic carbocycles. The van der Waals surface area contributed by atoms with Gasteiger partial charge in [-0.25, -0.2) is 0 Å². The Hall–Kier alpha value is -0.160. The molecule has 102 valence electrons. The van der Waals surface area contributed by atoms with Crippen LogP contribution < -0.4 is 0 Å². The predicted octanol–water partition coefficient (Wildman–Crippen LogP) is 1.84. The van der Waals surface area contributed by atoms with E-state index in [2.05, 4.69) is 18.6 Å². The molecule has 0 bridgehead atoms. The summed E-state index contributed by atoms with van der Waals surface area (Å²) in [4.78, 5) is 0. The first-order valence-corrected chi connectivity index (χ1v) is 6.12. The number of aliphatic hydroxyl groups excluding tert-OH is 2. The van der Waals surface area contributed by atoms with Crippen molar-refractivity contribution >= 4 is 0 Å². The Bertz CT molecular complexity index is 71.4. The second-order valence-corrected chi connectivity index (χ2v) is 2.84. The Kier molecular flexibility index (Phi) is 38.8. The first-order valence-electron chi connectivity index (χ1n) is 6.12. The molecule has 4 nitrogen and oxygen atoms in total. The highest BCUT2D eigenvalue weighted by Crippen LogP contribution is 1.76. The summed E-state index contributed by atoms with van der Waals surface area (Å²) in [6, 6.07) is 0. The highest BCUT2D eigenvalue weighted by molar-refractivity contribution is 4.24. The van der Waals surface area contributed by atoms with Crippen molar-refractivity contribution in [2.75, 3.05) is 39.6 Å². The van der Waals surface area contributed by atoms with Crippen molar-refractivity contribution < 1.29 is 19.7 Å². The van der Waals surface area contributed by atoms with E-state index in [-0.39, 0.29) is 13.2 Å². The lowest BCUT2D eigenvalue weighted by Gasteiger charge is -1.94. The summed E-state index contributed by atoms with van der Waals surface area (Å²) in [5.41, 5.74) is 0. The summed E-state index contributed by atoms with van der Waals surface area (Å²) < 4.78 is 9.47. The Morgan fingerprint density at radius 3 is 1.19 bits per heavy atom. The summed E-state index contributed by atoms with van der Waals surface area (Å²) in [5.74, 6) is 0. The second-order valence-electron chi connectivity index (χ2n) is 2.84. The fraction of sp³-hybridized carbons (Fsp3) is 1.00. The third kappa shape index (κ3) is 48.8. The standard InChI is InChI=1S/C4H10O3.C4H10O.C4H10/c5-1-3-7-4-2-6;1-3-5-4-2;1-3-4-2/h5-6H,1-4H2;3-4H2,1-2H3;3-4H2,1-2H3. The van der Waals surface area contributed by atoms with Crippen LogP contribution in [0.25, 0.3) is 0 Å². The number of unbranched alkanes of at least 4 members (excludes halogenated alkanes) is 1. The molecule has 0 saturated heterocycles. The maximum atomic E-state index is 8.09. The molecule has 0 aromatic rings. The SMILES string of the molecule is CCCC.CCOCC.OCCOCCO. The van der Waals surface area contributed by atoms with Crippen LogP contribution in [0.4, 0.5) is 0 Å². The lowest BCUT2D eigenvalue weighted by molar-refractivity contribution is 0.0650. The molecule has 0 heterocycles. The maximum Gasteiger partial charge on any atom is 0.0698 e. The molecule has 4 heteroatoms. The van der Waals surface area contributed by atoms with Gasteiger partial charge in [-0.3, -0.25) is 0 Å². The Balaban J connectivity index is -0.000000166. The highest BCUT2D eigenvalue weighted by Gasteiger charge is 1.79. The van der Waals surface area contributed by atoms with E-state index < -0.39 is 0 Å². The van der Waals surface area contributed by atoms with E-state index in [4.69, 9.17) is 14.9 Å². The van der Waals surface area contributed by atoms with Gasteiger partial charge < -0.3 is 19.7 Å². The van der Waals surface area contributed by atoms with Crippen molar-refractivity contribution in [1.29, 1.82) is 0 Å². The number of hydrogen-bond donors (Lipinski definition) is 2. The van der Waals surface area contributed by atoms with Crippen molar-refractivity contribution in [1.82, 2.24) is 0 Å². The Morgan fingerprint density at radius 2 is 1.06 bits per heavy atom. The predicted molar refractivity (Wildman–Crippen MR) is 67.7 cm³/mol. The van der Waals surface area contributed by atoms with E-state index in [0.717, 1.165) is 13.2 Å². The summed E-state index contributed by atoms with van der Waals surface area (Å²) in [6.07, 6.45) is 2.64. The smallest absolute Gasteiger partial charge is 0.0698 e. The molecule has 0 rings (SSSR count). The van der Waals surface area contributed by atoms with Crippen molar-refractivity contribution in [2.45, 2.75) is 40.5 Å². The molecule has 0 aromatic heterocycles. The maximum absolute atomic E-state index is 8.09. The van der Waals surface area contributed by atoms with Gasteiger partial charge in [0.15, 0.2) is 0 Å². The fourth-order valence-electron chi connectivity index (χ4n) is 0.435. The van der Waals surface area contributed by atoms with Gasteiger partial charge >= 0.3 is 0 Å². The van der Waals surface area contributed by atoms with Gasteiger partial charge in [-0.1, -0.05) is 26.7 Å². The summed E-state index contributed by atoms with van der Waals surface area (Å²) in [6.45, 7) is 10.7. The van der Waals surface area contributed by atoms with Gasteiger partial charge in [0.25, 0.3) is 0 Å². The van der Waals surface area contributed by atoms with Gasteiger partial charge in [0.2, 0.25) is 0 Å². The van der Waals surface area contributed by atoms with Crippen LogP contribution in [0.3, 0.4) is 0 Å². The van der Waals surface area contributed by atoms with Gasteiger partial charge in [-0.15, -0.1) is 0 Å². The molecule has 2 N–H and O–H groups in total. The number of rotatable bonds is 7. The fourth-order valence-corrected chi connectivity index (χ4v) is 0.435. The number of ether oxygens (including phenoxy) is 2. The first kappa shape index (κ1) is 21.2. The topological polar surface area (TPSA) is 58.9 Å². The number of aliphatic hydroxyl groups is 2. The van der Waals surface area contributed by atoms with E-state index in [9.17, 15) is 0 Å². The first-order chi connectivity index (χ1) is 7.74. The molecule has 0 aliphatic rings. The van der Waals surface area contributed by atoms with E-state index in [1.807, 2.05) is 13.8 Å². The second kappa shape index (κ2) is 29.4. The molecule has 0 spiro atoms. The minimum atomic E-state index is 0.0278. The molecular formula is C12H30O4. The quantitative estimate of drug-likeness (QED) is 0.664. The molecule has 0 aliphatic heterocycles. The van der Waals surface area contributed by atoms with E-state index in [1.165, 1.54) is 12.8 Å². The number of hydrogen-bond acceptors (Lipinski definition) is 4. The molecule has 16 heavy (non-hydrogen) atoms. The van der Waals surface area contributed by atoms with Crippen LogP contribution in [0, 0.1) is 0 Å². The molecule has 0 amide bonds. The lowest BCUT2D eigenvalue weighted by Crippen LogP contribution is -2.03. The van der Waals surface area contributed by atoms with Gasteiger partial charge in [0.1, 0.15) is 0 Å². The van der Waals surface area contributed by atoms with Crippen LogP contribution >= 0.6 is 0 Å². The Labute approximate surface area is 101 Å². The highest BCUT2D eigenvalue weighted by atomic mass is 16.5. The van der Waals surface area contributed by atoms with Crippen LogP contribution in [-0.2, 0) is 9.47 Å². The van der Waals surface area contributed by atoms with Crippen molar-refractivity contribution in [3.05, 3.63) is 0 Å². The zero-order chi connectivity index (χ0) is 13.1.